The van der Waals surface area contributed by atoms with E-state index in [-0.39, 0.29) is 11.3 Å². The van der Waals surface area contributed by atoms with Gasteiger partial charge in [0, 0.05) is 17.9 Å². The molecule has 0 unspecified atom stereocenters. The molecule has 1 aliphatic rings. The van der Waals surface area contributed by atoms with Crippen LogP contribution in [0.25, 0.3) is 0 Å². The van der Waals surface area contributed by atoms with E-state index in [9.17, 15) is 9.59 Å². The zero-order valence-electron chi connectivity index (χ0n) is 14.4. The Morgan fingerprint density at radius 3 is 2.84 bits per heavy atom. The number of hydrogen-bond donors (Lipinski definition) is 4. The molecule has 0 saturated heterocycles. The predicted octanol–water partition coefficient (Wildman–Crippen LogP) is 2.10. The highest BCUT2D eigenvalue weighted by Crippen LogP contribution is 2.17. The normalized spacial score (nSPS) is 14.8. The molecular weight excluding hydrogens is 358 g/mol. The van der Waals surface area contributed by atoms with E-state index in [1.165, 1.54) is 37.1 Å². The van der Waals surface area contributed by atoms with Gasteiger partial charge >= 0.3 is 0 Å². The van der Waals surface area contributed by atoms with E-state index in [0.717, 1.165) is 31.4 Å². The number of aromatic amines is 1. The van der Waals surface area contributed by atoms with Crippen molar-refractivity contribution in [2.45, 2.75) is 63.1 Å². The average Bonchev–Trinajstić information content (AvgIpc) is 2.60. The molecule has 1 amide bonds. The second kappa shape index (κ2) is 10.4. The van der Waals surface area contributed by atoms with Crippen molar-refractivity contribution in [3.63, 3.8) is 0 Å². The van der Waals surface area contributed by atoms with E-state index >= 15 is 0 Å². The lowest BCUT2D eigenvalue weighted by molar-refractivity contribution is 0.0937. The zero-order valence-corrected chi connectivity index (χ0v) is 16.0. The number of hydrogen-bond acceptors (Lipinski definition) is 5. The molecule has 0 spiro atoms. The van der Waals surface area contributed by atoms with Crippen LogP contribution >= 0.6 is 24.0 Å². The number of carbonyl (C=O) groups is 1. The fourth-order valence-electron chi connectivity index (χ4n) is 2.58. The fraction of sp³-hybridized carbons (Fsp3) is 0.625. The summed E-state index contributed by atoms with van der Waals surface area (Å²) in [5.41, 5.74) is 4.89. The van der Waals surface area contributed by atoms with Gasteiger partial charge in [0.25, 0.3) is 11.5 Å². The van der Waals surface area contributed by atoms with Crippen molar-refractivity contribution in [3.05, 3.63) is 22.1 Å². The van der Waals surface area contributed by atoms with Gasteiger partial charge in [-0.1, -0.05) is 44.4 Å². The lowest BCUT2D eigenvalue weighted by Gasteiger charge is -2.24. The van der Waals surface area contributed by atoms with Crippen molar-refractivity contribution in [1.82, 2.24) is 26.1 Å². The molecule has 1 fully saturated rings. The number of thiocarbonyl (C=S) groups is 1. The van der Waals surface area contributed by atoms with E-state index in [1.54, 1.807) is 0 Å². The standard InChI is InChI=1S/C16H25N5O2S2/c1-2-3-9-25-16-18-12(10-13(22)19-16)14(23)20-21-15(24)17-11-7-5-4-6-8-11/h10-11H,2-9H2,1H3,(H,20,23)(H2,17,21,24)(H,18,19,22). The topological polar surface area (TPSA) is 98.9 Å². The Labute approximate surface area is 157 Å². The van der Waals surface area contributed by atoms with Gasteiger partial charge in [0.15, 0.2) is 10.3 Å². The second-order valence-electron chi connectivity index (χ2n) is 6.03. The molecule has 138 valence electrons. The molecule has 0 aliphatic heterocycles. The first kappa shape index (κ1) is 19.7. The summed E-state index contributed by atoms with van der Waals surface area (Å²) in [4.78, 5) is 30.7. The lowest BCUT2D eigenvalue weighted by atomic mass is 9.96. The van der Waals surface area contributed by atoms with Crippen molar-refractivity contribution in [1.29, 1.82) is 0 Å². The summed E-state index contributed by atoms with van der Waals surface area (Å²) in [6, 6.07) is 1.53. The Balaban J connectivity index is 1.84. The van der Waals surface area contributed by atoms with E-state index in [1.807, 2.05) is 0 Å². The number of rotatable bonds is 6. The average molecular weight is 384 g/mol. The number of aromatic nitrogens is 2. The van der Waals surface area contributed by atoms with Crippen LogP contribution in [0.4, 0.5) is 0 Å². The highest BCUT2D eigenvalue weighted by Gasteiger charge is 2.15. The van der Waals surface area contributed by atoms with Crippen LogP contribution < -0.4 is 21.7 Å². The van der Waals surface area contributed by atoms with E-state index < -0.39 is 5.91 Å². The van der Waals surface area contributed by atoms with Crippen LogP contribution in [-0.4, -0.2) is 32.8 Å². The molecule has 4 N–H and O–H groups in total. The van der Waals surface area contributed by atoms with Crippen LogP contribution in [-0.2, 0) is 0 Å². The van der Waals surface area contributed by atoms with E-state index in [2.05, 4.69) is 33.1 Å². The summed E-state index contributed by atoms with van der Waals surface area (Å²) in [7, 11) is 0. The Bertz CT molecular complexity index is 644. The minimum Gasteiger partial charge on any atom is -0.359 e. The summed E-state index contributed by atoms with van der Waals surface area (Å²) in [6.07, 6.45) is 7.92. The first-order chi connectivity index (χ1) is 12.1. The molecule has 1 aromatic rings. The second-order valence-corrected chi connectivity index (χ2v) is 7.52. The maximum Gasteiger partial charge on any atom is 0.288 e. The number of H-pyrrole nitrogens is 1. The van der Waals surface area contributed by atoms with Gasteiger partial charge in [0.05, 0.1) is 0 Å². The van der Waals surface area contributed by atoms with Gasteiger partial charge in [0.2, 0.25) is 0 Å². The summed E-state index contributed by atoms with van der Waals surface area (Å²) in [5.74, 6) is 0.356. The molecular formula is C16H25N5O2S2. The third-order valence-electron chi connectivity index (χ3n) is 3.92. The minimum absolute atomic E-state index is 0.0655. The van der Waals surface area contributed by atoms with Crippen molar-refractivity contribution in [2.75, 3.05) is 5.75 Å². The van der Waals surface area contributed by atoms with Crippen LogP contribution in [0.3, 0.4) is 0 Å². The quantitative estimate of drug-likeness (QED) is 0.196. The van der Waals surface area contributed by atoms with Crippen LogP contribution in [0.15, 0.2) is 16.0 Å². The number of nitrogens with one attached hydrogen (secondary N) is 4. The smallest absolute Gasteiger partial charge is 0.288 e. The molecule has 0 atom stereocenters. The Hall–Kier alpha value is -1.61. The van der Waals surface area contributed by atoms with Gasteiger partial charge in [-0.15, -0.1) is 0 Å². The van der Waals surface area contributed by atoms with Crippen molar-refractivity contribution < 1.29 is 4.79 Å². The molecule has 0 aromatic carbocycles. The van der Waals surface area contributed by atoms with E-state index in [4.69, 9.17) is 12.2 Å². The molecule has 7 nitrogen and oxygen atoms in total. The Morgan fingerprint density at radius 2 is 2.12 bits per heavy atom. The SMILES string of the molecule is CCCCSc1nc(C(=O)NNC(=S)NC2CCCCC2)cc(=O)[nH]1. The number of hydrazine groups is 1. The third-order valence-corrected chi connectivity index (χ3v) is 5.10. The fourth-order valence-corrected chi connectivity index (χ4v) is 3.76. The lowest BCUT2D eigenvalue weighted by Crippen LogP contribution is -2.50. The molecule has 2 rings (SSSR count). The number of amides is 1. The maximum absolute atomic E-state index is 12.2. The molecule has 1 aliphatic carbocycles. The van der Waals surface area contributed by atoms with Gasteiger partial charge in [-0.3, -0.25) is 20.4 Å². The number of nitrogens with zero attached hydrogens (tertiary/aromatic N) is 1. The molecule has 1 aromatic heterocycles. The molecule has 0 bridgehead atoms. The van der Waals surface area contributed by atoms with Gasteiger partial charge < -0.3 is 10.3 Å². The van der Waals surface area contributed by atoms with Crippen LogP contribution in [0, 0.1) is 0 Å². The van der Waals surface area contributed by atoms with Gasteiger partial charge in [-0.05, 0) is 31.5 Å². The third kappa shape index (κ3) is 7.03. The maximum atomic E-state index is 12.2. The molecule has 0 radical (unpaired) electrons. The first-order valence-corrected chi connectivity index (χ1v) is 10.1. The van der Waals surface area contributed by atoms with Crippen LogP contribution in [0.5, 0.6) is 0 Å². The highest BCUT2D eigenvalue weighted by atomic mass is 32.2. The van der Waals surface area contributed by atoms with Gasteiger partial charge in [-0.25, -0.2) is 4.98 Å². The highest BCUT2D eigenvalue weighted by molar-refractivity contribution is 7.99. The van der Waals surface area contributed by atoms with Gasteiger partial charge in [0.1, 0.15) is 5.69 Å². The number of unbranched alkanes of at least 4 members (excludes halogenated alkanes) is 1. The monoisotopic (exact) mass is 383 g/mol. The van der Waals surface area contributed by atoms with Crippen LogP contribution in [0.2, 0.25) is 0 Å². The summed E-state index contributed by atoms with van der Waals surface area (Å²) in [6.45, 7) is 2.09. The minimum atomic E-state index is -0.490. The van der Waals surface area contributed by atoms with Crippen molar-refractivity contribution in [3.8, 4) is 0 Å². The van der Waals surface area contributed by atoms with Crippen molar-refractivity contribution in [2.24, 2.45) is 0 Å². The number of thioether (sulfide) groups is 1. The largest absolute Gasteiger partial charge is 0.359 e. The molecule has 1 heterocycles. The first-order valence-electron chi connectivity index (χ1n) is 8.69. The molecule has 25 heavy (non-hydrogen) atoms. The Kier molecular flexibility index (Phi) is 8.20. The van der Waals surface area contributed by atoms with Crippen molar-refractivity contribution >= 4 is 35.0 Å². The molecule has 1 saturated carbocycles. The van der Waals surface area contributed by atoms with Gasteiger partial charge in [-0.2, -0.15) is 0 Å². The Morgan fingerprint density at radius 1 is 1.36 bits per heavy atom. The van der Waals surface area contributed by atoms with E-state index in [0.29, 0.717) is 16.3 Å². The molecule has 9 heteroatoms. The summed E-state index contributed by atoms with van der Waals surface area (Å²) >= 11 is 6.63. The summed E-state index contributed by atoms with van der Waals surface area (Å²) in [5, 5.41) is 4.03. The predicted molar refractivity (Wildman–Crippen MR) is 104 cm³/mol. The number of carbonyl (C=O) groups excluding carboxylic acids is 1. The summed E-state index contributed by atoms with van der Waals surface area (Å²) < 4.78 is 0. The van der Waals surface area contributed by atoms with Crippen LogP contribution in [0.1, 0.15) is 62.4 Å². The zero-order chi connectivity index (χ0) is 18.1.